The smallest absolute Gasteiger partial charge is 0.292 e. The van der Waals surface area contributed by atoms with E-state index in [1.807, 2.05) is 12.1 Å². The molecule has 2 N–H and O–H groups in total. The number of carbonyl (C=O) groups is 1. The summed E-state index contributed by atoms with van der Waals surface area (Å²) in [6, 6.07) is 14.2. The van der Waals surface area contributed by atoms with Crippen LogP contribution in [0.15, 0.2) is 71.4 Å². The largest absolute Gasteiger partial charge is 0.486 e. The molecule has 0 fully saturated rings. The van der Waals surface area contributed by atoms with Gasteiger partial charge < -0.3 is 14.5 Å². The molecule has 0 unspecified atom stereocenters. The van der Waals surface area contributed by atoms with Crippen LogP contribution in [0.1, 0.15) is 16.3 Å². The Balaban J connectivity index is 1.37. The van der Waals surface area contributed by atoms with Gasteiger partial charge in [-0.25, -0.2) is 4.39 Å². The fourth-order valence-corrected chi connectivity index (χ4v) is 2.51. The Bertz CT molecular complexity index is 1070. The molecule has 0 saturated heterocycles. The summed E-state index contributed by atoms with van der Waals surface area (Å²) < 4.78 is 23.9. The van der Waals surface area contributed by atoms with Gasteiger partial charge in [0.25, 0.3) is 5.91 Å². The van der Waals surface area contributed by atoms with E-state index in [9.17, 15) is 9.18 Å². The number of halogens is 1. The molecule has 0 aliphatic heterocycles. The number of nitrogens with one attached hydrogen (secondary N) is 2. The highest BCUT2D eigenvalue weighted by molar-refractivity contribution is 6.01. The Morgan fingerprint density at radius 2 is 1.89 bits per heavy atom. The third-order valence-corrected chi connectivity index (χ3v) is 3.89. The summed E-state index contributed by atoms with van der Waals surface area (Å²) in [5.74, 6) is 0.706. The van der Waals surface area contributed by atoms with Crippen LogP contribution in [-0.4, -0.2) is 21.1 Å². The van der Waals surface area contributed by atoms with Gasteiger partial charge >= 0.3 is 0 Å². The average molecular weight is 378 g/mol. The highest BCUT2D eigenvalue weighted by Crippen LogP contribution is 2.20. The van der Waals surface area contributed by atoms with Crippen LogP contribution in [0, 0.1) is 5.82 Å². The summed E-state index contributed by atoms with van der Waals surface area (Å²) in [5.41, 5.74) is 1.66. The fourth-order valence-electron chi connectivity index (χ4n) is 2.51. The minimum atomic E-state index is -0.430. The van der Waals surface area contributed by atoms with Gasteiger partial charge in [0.1, 0.15) is 23.9 Å². The van der Waals surface area contributed by atoms with E-state index in [4.69, 9.17) is 9.15 Å². The van der Waals surface area contributed by atoms with Gasteiger partial charge in [-0.1, -0.05) is 0 Å². The highest BCUT2D eigenvalue weighted by Gasteiger charge is 2.14. The number of furan rings is 1. The monoisotopic (exact) mass is 378 g/mol. The van der Waals surface area contributed by atoms with Crippen molar-refractivity contribution in [2.45, 2.75) is 6.61 Å². The lowest BCUT2D eigenvalue weighted by atomic mass is 10.2. The molecule has 0 atom stereocenters. The molecule has 0 radical (unpaired) electrons. The molecule has 1 aromatic carbocycles. The van der Waals surface area contributed by atoms with Crippen molar-refractivity contribution in [3.05, 3.63) is 84.3 Å². The molecule has 8 heteroatoms. The second-order valence-corrected chi connectivity index (χ2v) is 5.87. The van der Waals surface area contributed by atoms with E-state index < -0.39 is 5.91 Å². The molecule has 0 spiro atoms. The standard InChI is InChI=1S/C20H15FN4O3/c21-14-1-3-15(4-2-14)27-12-16-5-6-18(28-16)20(26)23-19-11-17(24-25-19)13-7-9-22-10-8-13/h1-11H,12H2,(H2,23,24,25,26). The highest BCUT2D eigenvalue weighted by atomic mass is 19.1. The number of nitrogens with zero attached hydrogens (tertiary/aromatic N) is 2. The SMILES string of the molecule is O=C(Nc1cc(-c2ccncc2)[nH]n1)c1ccc(COc2ccc(F)cc2)o1. The Hall–Kier alpha value is -3.94. The first-order valence-corrected chi connectivity index (χ1v) is 8.41. The van der Waals surface area contributed by atoms with Gasteiger partial charge in [-0.2, -0.15) is 5.10 Å². The average Bonchev–Trinajstić information content (AvgIpc) is 3.38. The van der Waals surface area contributed by atoms with Gasteiger partial charge in [-0.3, -0.25) is 14.9 Å². The van der Waals surface area contributed by atoms with Gasteiger partial charge in [0.2, 0.25) is 0 Å². The van der Waals surface area contributed by atoms with Crippen molar-refractivity contribution in [3.8, 4) is 17.0 Å². The molecule has 4 aromatic rings. The van der Waals surface area contributed by atoms with Crippen LogP contribution in [0.4, 0.5) is 10.2 Å². The van der Waals surface area contributed by atoms with Crippen LogP contribution in [0.3, 0.4) is 0 Å². The molecule has 140 valence electrons. The van der Waals surface area contributed by atoms with E-state index in [1.165, 1.54) is 24.3 Å². The summed E-state index contributed by atoms with van der Waals surface area (Å²) in [5, 5.41) is 9.60. The van der Waals surface area contributed by atoms with Crippen LogP contribution in [0.5, 0.6) is 5.75 Å². The minimum absolute atomic E-state index is 0.119. The predicted octanol–water partition coefficient (Wildman–Crippen LogP) is 4.04. The molecule has 0 aliphatic carbocycles. The molecule has 3 heterocycles. The molecular formula is C20H15FN4O3. The second kappa shape index (κ2) is 7.75. The van der Waals surface area contributed by atoms with Crippen molar-refractivity contribution in [3.63, 3.8) is 0 Å². The van der Waals surface area contributed by atoms with Crippen molar-refractivity contribution in [1.29, 1.82) is 0 Å². The van der Waals surface area contributed by atoms with Crippen LogP contribution in [-0.2, 0) is 6.61 Å². The van der Waals surface area contributed by atoms with E-state index in [0.29, 0.717) is 17.3 Å². The van der Waals surface area contributed by atoms with Gasteiger partial charge in [-0.05, 0) is 48.5 Å². The lowest BCUT2D eigenvalue weighted by molar-refractivity contribution is 0.0992. The Kier molecular flexibility index (Phi) is 4.83. The van der Waals surface area contributed by atoms with E-state index in [-0.39, 0.29) is 18.2 Å². The van der Waals surface area contributed by atoms with E-state index in [0.717, 1.165) is 11.3 Å². The number of anilines is 1. The van der Waals surface area contributed by atoms with Crippen molar-refractivity contribution >= 4 is 11.7 Å². The summed E-state index contributed by atoms with van der Waals surface area (Å²) >= 11 is 0. The maximum absolute atomic E-state index is 12.9. The lowest BCUT2D eigenvalue weighted by Crippen LogP contribution is -2.11. The summed E-state index contributed by atoms with van der Waals surface area (Å²) in [7, 11) is 0. The number of H-pyrrole nitrogens is 1. The van der Waals surface area contributed by atoms with Crippen LogP contribution >= 0.6 is 0 Å². The molecule has 3 aromatic heterocycles. The number of carbonyl (C=O) groups excluding carboxylic acids is 1. The van der Waals surface area contributed by atoms with Gasteiger partial charge in [0.05, 0.1) is 5.69 Å². The molecule has 0 bridgehead atoms. The van der Waals surface area contributed by atoms with Crippen molar-refractivity contribution in [2.24, 2.45) is 0 Å². The molecule has 7 nitrogen and oxygen atoms in total. The van der Waals surface area contributed by atoms with Gasteiger partial charge in [0, 0.05) is 24.0 Å². The first-order chi connectivity index (χ1) is 13.7. The fraction of sp³-hybridized carbons (Fsp3) is 0.0500. The Morgan fingerprint density at radius 1 is 1.11 bits per heavy atom. The summed E-state index contributed by atoms with van der Waals surface area (Å²) in [6.07, 6.45) is 3.35. The number of aromatic amines is 1. The van der Waals surface area contributed by atoms with E-state index in [2.05, 4.69) is 20.5 Å². The minimum Gasteiger partial charge on any atom is -0.486 e. The molecular weight excluding hydrogens is 363 g/mol. The Morgan fingerprint density at radius 3 is 2.68 bits per heavy atom. The topological polar surface area (TPSA) is 93.0 Å². The number of pyridine rings is 1. The van der Waals surface area contributed by atoms with Crippen LogP contribution in [0.25, 0.3) is 11.3 Å². The maximum Gasteiger partial charge on any atom is 0.292 e. The molecule has 28 heavy (non-hydrogen) atoms. The number of benzene rings is 1. The van der Waals surface area contributed by atoms with Gasteiger partial charge in [0.15, 0.2) is 11.6 Å². The van der Waals surface area contributed by atoms with Gasteiger partial charge in [-0.15, -0.1) is 0 Å². The Labute approximate surface area is 159 Å². The number of hydrogen-bond acceptors (Lipinski definition) is 5. The zero-order chi connectivity index (χ0) is 19.3. The first kappa shape index (κ1) is 17.5. The number of amides is 1. The van der Waals surface area contributed by atoms with Crippen LogP contribution in [0.2, 0.25) is 0 Å². The third kappa shape index (κ3) is 4.07. The first-order valence-electron chi connectivity index (χ1n) is 8.41. The van der Waals surface area contributed by atoms with Crippen molar-refractivity contribution in [2.75, 3.05) is 5.32 Å². The maximum atomic E-state index is 12.9. The van der Waals surface area contributed by atoms with Crippen molar-refractivity contribution < 1.29 is 18.3 Å². The van der Waals surface area contributed by atoms with E-state index >= 15 is 0 Å². The quantitative estimate of drug-likeness (QED) is 0.528. The molecule has 0 saturated carbocycles. The second-order valence-electron chi connectivity index (χ2n) is 5.87. The summed E-state index contributed by atoms with van der Waals surface area (Å²) in [4.78, 5) is 16.3. The molecule has 4 rings (SSSR count). The van der Waals surface area contributed by atoms with E-state index in [1.54, 1.807) is 30.6 Å². The zero-order valence-electron chi connectivity index (χ0n) is 14.6. The number of aromatic nitrogens is 3. The van der Waals surface area contributed by atoms with Crippen LogP contribution < -0.4 is 10.1 Å². The summed E-state index contributed by atoms with van der Waals surface area (Å²) in [6.45, 7) is 0.119. The number of hydrogen-bond donors (Lipinski definition) is 2. The van der Waals surface area contributed by atoms with Crippen molar-refractivity contribution in [1.82, 2.24) is 15.2 Å². The normalized spacial score (nSPS) is 10.6. The molecule has 0 aliphatic rings. The third-order valence-electron chi connectivity index (χ3n) is 3.89. The lowest BCUT2D eigenvalue weighted by Gasteiger charge is -2.03. The number of ether oxygens (including phenoxy) is 1. The predicted molar refractivity (Wildman–Crippen MR) is 99.2 cm³/mol. The number of rotatable bonds is 6. The molecule has 1 amide bonds. The zero-order valence-corrected chi connectivity index (χ0v) is 14.6.